The molecule has 3 aromatic rings. The molecule has 0 saturated carbocycles. The van der Waals surface area contributed by atoms with Gasteiger partial charge >= 0.3 is 0 Å². The summed E-state index contributed by atoms with van der Waals surface area (Å²) < 4.78 is 18.5. The third-order valence-corrected chi connectivity index (χ3v) is 6.75. The molecule has 0 unspecified atom stereocenters. The minimum absolute atomic E-state index is 0.632. The fourth-order valence-corrected chi connectivity index (χ4v) is 5.38. The number of hydrogen-bond acceptors (Lipinski definition) is 6. The van der Waals surface area contributed by atoms with Gasteiger partial charge in [0.15, 0.2) is 17.3 Å². The van der Waals surface area contributed by atoms with Crippen molar-refractivity contribution in [2.24, 2.45) is 7.05 Å². The van der Waals surface area contributed by atoms with Crippen molar-refractivity contribution in [2.75, 3.05) is 50.8 Å². The Kier molecular flexibility index (Phi) is 7.55. The fraction of sp³-hybridized carbons (Fsp3) is 0.464. The van der Waals surface area contributed by atoms with Crippen LogP contribution in [0.4, 0.5) is 17.3 Å². The molecule has 1 aliphatic rings. The van der Waals surface area contributed by atoms with Crippen LogP contribution in [0.5, 0.6) is 11.5 Å². The zero-order chi connectivity index (χ0) is 25.1. The van der Waals surface area contributed by atoms with Crippen LogP contribution in [0.1, 0.15) is 34.2 Å². The molecule has 188 valence electrons. The molecule has 1 aromatic heterocycles. The average Bonchev–Trinajstić information content (AvgIpc) is 3.17. The molecule has 0 N–H and O–H groups in total. The number of fused-ring (bicyclic) bond motifs is 1. The first-order valence-corrected chi connectivity index (χ1v) is 12.2. The van der Waals surface area contributed by atoms with Gasteiger partial charge in [-0.25, -0.2) is 0 Å². The molecule has 0 atom stereocenters. The number of nitrogens with zero attached hydrogens (tertiary/aromatic N) is 4. The minimum atomic E-state index is 0.632. The molecule has 2 heterocycles. The molecule has 0 fully saturated rings. The quantitative estimate of drug-likeness (QED) is 0.427. The summed E-state index contributed by atoms with van der Waals surface area (Å²) in [6, 6.07) is 10.6. The van der Waals surface area contributed by atoms with Gasteiger partial charge in [0.2, 0.25) is 0 Å². The van der Waals surface area contributed by atoms with Crippen LogP contribution < -0.4 is 19.3 Å². The Labute approximate surface area is 209 Å². The lowest BCUT2D eigenvalue weighted by Gasteiger charge is -2.32. The third kappa shape index (κ3) is 4.96. The van der Waals surface area contributed by atoms with Gasteiger partial charge in [0.25, 0.3) is 0 Å². The van der Waals surface area contributed by atoms with Crippen molar-refractivity contribution in [1.82, 2.24) is 9.78 Å². The molecule has 0 bridgehead atoms. The van der Waals surface area contributed by atoms with Crippen LogP contribution in [0.25, 0.3) is 0 Å². The molecular formula is C28H38N4O3. The highest BCUT2D eigenvalue weighted by Crippen LogP contribution is 2.41. The van der Waals surface area contributed by atoms with Crippen molar-refractivity contribution in [1.29, 1.82) is 0 Å². The lowest BCUT2D eigenvalue weighted by molar-refractivity contribution is 0.204. The van der Waals surface area contributed by atoms with Crippen molar-refractivity contribution in [3.63, 3.8) is 0 Å². The number of aromatic nitrogens is 2. The van der Waals surface area contributed by atoms with Gasteiger partial charge in [-0.15, -0.1) is 0 Å². The molecule has 7 heteroatoms. The average molecular weight is 479 g/mol. The van der Waals surface area contributed by atoms with E-state index in [0.29, 0.717) is 6.61 Å². The van der Waals surface area contributed by atoms with Gasteiger partial charge < -0.3 is 24.0 Å². The van der Waals surface area contributed by atoms with Crippen LogP contribution in [-0.4, -0.2) is 50.8 Å². The van der Waals surface area contributed by atoms with E-state index in [-0.39, 0.29) is 0 Å². The second-order valence-corrected chi connectivity index (χ2v) is 9.36. The van der Waals surface area contributed by atoms with Gasteiger partial charge in [-0.2, -0.15) is 5.10 Å². The van der Waals surface area contributed by atoms with Crippen LogP contribution in [-0.2, 0) is 24.8 Å². The van der Waals surface area contributed by atoms with Gasteiger partial charge in [0.05, 0.1) is 20.8 Å². The van der Waals surface area contributed by atoms with Gasteiger partial charge in [0.1, 0.15) is 5.82 Å². The first kappa shape index (κ1) is 24.9. The van der Waals surface area contributed by atoms with Crippen molar-refractivity contribution in [2.45, 2.75) is 40.2 Å². The maximum Gasteiger partial charge on any atom is 0.161 e. The van der Waals surface area contributed by atoms with E-state index >= 15 is 0 Å². The summed E-state index contributed by atoms with van der Waals surface area (Å²) in [5, 5.41) is 5.06. The van der Waals surface area contributed by atoms with Crippen LogP contribution in [0.3, 0.4) is 0 Å². The molecule has 7 nitrogen and oxygen atoms in total. The van der Waals surface area contributed by atoms with Gasteiger partial charge in [-0.05, 0) is 62.4 Å². The van der Waals surface area contributed by atoms with E-state index in [9.17, 15) is 0 Å². The van der Waals surface area contributed by atoms with Gasteiger partial charge in [-0.3, -0.25) is 4.68 Å². The van der Waals surface area contributed by atoms with E-state index in [0.717, 1.165) is 61.2 Å². The summed E-state index contributed by atoms with van der Waals surface area (Å²) in [6.45, 7) is 9.66. The summed E-state index contributed by atoms with van der Waals surface area (Å²) in [5.74, 6) is 3.69. The Morgan fingerprint density at radius 1 is 0.971 bits per heavy atom. The van der Waals surface area contributed by atoms with Crippen LogP contribution >= 0.6 is 0 Å². The molecule has 2 aromatic carbocycles. The fourth-order valence-electron chi connectivity index (χ4n) is 5.38. The second-order valence-electron chi connectivity index (χ2n) is 9.36. The number of anilines is 3. The number of methoxy groups -OCH3 is 3. The first-order chi connectivity index (χ1) is 16.9. The van der Waals surface area contributed by atoms with Gasteiger partial charge in [-0.1, -0.05) is 23.8 Å². The zero-order valence-electron chi connectivity index (χ0n) is 22.1. The Morgan fingerprint density at radius 2 is 1.69 bits per heavy atom. The molecular weight excluding hydrogens is 440 g/mol. The van der Waals surface area contributed by atoms with Crippen LogP contribution in [0, 0.1) is 20.8 Å². The molecule has 0 amide bonds. The topological polar surface area (TPSA) is 52.0 Å². The molecule has 0 saturated heterocycles. The molecule has 0 spiro atoms. The maximum absolute atomic E-state index is 5.55. The highest BCUT2D eigenvalue weighted by Gasteiger charge is 2.30. The zero-order valence-corrected chi connectivity index (χ0v) is 22.1. The lowest BCUT2D eigenvalue weighted by atomic mass is 10.00. The van der Waals surface area contributed by atoms with Crippen LogP contribution in [0.15, 0.2) is 30.3 Å². The van der Waals surface area contributed by atoms with E-state index in [4.69, 9.17) is 19.3 Å². The Balaban J connectivity index is 1.74. The number of aryl methyl sites for hydroxylation is 4. The van der Waals surface area contributed by atoms with Gasteiger partial charge in [0, 0.05) is 45.0 Å². The largest absolute Gasteiger partial charge is 0.493 e. The summed E-state index contributed by atoms with van der Waals surface area (Å²) in [6.07, 6.45) is 2.10. The third-order valence-electron chi connectivity index (χ3n) is 6.75. The highest BCUT2D eigenvalue weighted by molar-refractivity contribution is 5.74. The van der Waals surface area contributed by atoms with Crippen molar-refractivity contribution < 1.29 is 14.2 Å². The Bertz CT molecular complexity index is 1160. The summed E-state index contributed by atoms with van der Waals surface area (Å²) >= 11 is 0. The minimum Gasteiger partial charge on any atom is -0.493 e. The summed E-state index contributed by atoms with van der Waals surface area (Å²) in [7, 11) is 7.13. The smallest absolute Gasteiger partial charge is 0.161 e. The van der Waals surface area contributed by atoms with E-state index in [1.807, 2.05) is 16.8 Å². The Hall–Kier alpha value is -3.19. The lowest BCUT2D eigenvalue weighted by Crippen LogP contribution is -2.30. The predicted octanol–water partition coefficient (Wildman–Crippen LogP) is 5.10. The molecule has 1 aliphatic heterocycles. The number of benzene rings is 2. The molecule has 0 radical (unpaired) electrons. The standard InChI is InChI=1S/C28H38N4O3/c1-19-15-20(2)26(21(3)16-19)32-12-8-9-23-27(32)29-30(4)28(23)31(13-14-33-5)18-22-10-11-24(34-6)25(17-22)35-7/h10-11,15-17H,8-9,12-14,18H2,1-7H3. The van der Waals surface area contributed by atoms with E-state index in [1.165, 1.54) is 27.9 Å². The SMILES string of the molecule is COCCN(Cc1ccc(OC)c(OC)c1)c1c2c(nn1C)N(c1c(C)cc(C)cc1C)CCC2. The molecule has 35 heavy (non-hydrogen) atoms. The van der Waals surface area contributed by atoms with Crippen molar-refractivity contribution in [3.05, 3.63) is 58.1 Å². The van der Waals surface area contributed by atoms with Crippen LogP contribution in [0.2, 0.25) is 0 Å². The molecule has 0 aliphatic carbocycles. The van der Waals surface area contributed by atoms with E-state index in [1.54, 1.807) is 21.3 Å². The second kappa shape index (κ2) is 10.6. The van der Waals surface area contributed by atoms with Crippen molar-refractivity contribution >= 4 is 17.3 Å². The molecule has 4 rings (SSSR count). The predicted molar refractivity (Wildman–Crippen MR) is 142 cm³/mol. The first-order valence-electron chi connectivity index (χ1n) is 12.2. The number of ether oxygens (including phenoxy) is 3. The van der Waals surface area contributed by atoms with E-state index < -0.39 is 0 Å². The summed E-state index contributed by atoms with van der Waals surface area (Å²) in [5.41, 5.74) is 7.61. The number of rotatable bonds is 9. The van der Waals surface area contributed by atoms with E-state index in [2.05, 4.69) is 55.8 Å². The normalized spacial score (nSPS) is 13.1. The number of hydrogen-bond donors (Lipinski definition) is 0. The highest BCUT2D eigenvalue weighted by atomic mass is 16.5. The monoisotopic (exact) mass is 478 g/mol. The summed E-state index contributed by atoms with van der Waals surface area (Å²) in [4.78, 5) is 4.78. The Morgan fingerprint density at radius 3 is 2.34 bits per heavy atom. The maximum atomic E-state index is 5.55. The van der Waals surface area contributed by atoms with Crippen molar-refractivity contribution in [3.8, 4) is 11.5 Å².